The van der Waals surface area contributed by atoms with Gasteiger partial charge in [0.05, 0.1) is 23.2 Å². The fraction of sp³-hybridized carbons (Fsp3) is 0.300. The number of hydrogen-bond acceptors (Lipinski definition) is 2. The first-order valence-corrected chi connectivity index (χ1v) is 8.50. The summed E-state index contributed by atoms with van der Waals surface area (Å²) >= 11 is 0. The van der Waals surface area contributed by atoms with E-state index in [9.17, 15) is 17.6 Å². The van der Waals surface area contributed by atoms with Crippen molar-refractivity contribution in [2.75, 3.05) is 0 Å². The van der Waals surface area contributed by atoms with Crippen molar-refractivity contribution in [2.24, 2.45) is 9.98 Å². The molecule has 0 aromatic heterocycles. The summed E-state index contributed by atoms with van der Waals surface area (Å²) in [5.41, 5.74) is -0.387. The highest BCUT2D eigenvalue weighted by atomic mass is 19.1. The van der Waals surface area contributed by atoms with Gasteiger partial charge in [-0.25, -0.2) is 17.6 Å². The molecule has 2 atom stereocenters. The Morgan fingerprint density at radius 3 is 1.35 bits per heavy atom. The number of halogens is 4. The lowest BCUT2D eigenvalue weighted by Gasteiger charge is -2.25. The summed E-state index contributed by atoms with van der Waals surface area (Å²) in [6, 6.07) is 6.69. The van der Waals surface area contributed by atoms with Crippen molar-refractivity contribution >= 4 is 12.4 Å². The van der Waals surface area contributed by atoms with E-state index in [0.717, 1.165) is 12.8 Å². The van der Waals surface area contributed by atoms with Crippen LogP contribution in [0.1, 0.15) is 36.8 Å². The number of nitrogens with zero attached hydrogens (tertiary/aromatic N) is 2. The first kappa shape index (κ1) is 18.3. The Bertz CT molecular complexity index is 723. The quantitative estimate of drug-likeness (QED) is 0.535. The normalized spacial score (nSPS) is 20.9. The second kappa shape index (κ2) is 8.25. The Kier molecular flexibility index (Phi) is 5.81. The highest BCUT2D eigenvalue weighted by Gasteiger charge is 2.23. The SMILES string of the molecule is Fc1cccc(F)c1C=N[C@@H]1CCCC[C@H]1N=Cc1c(F)cccc1F. The molecule has 0 N–H and O–H groups in total. The molecule has 1 saturated carbocycles. The molecule has 0 saturated heterocycles. The van der Waals surface area contributed by atoms with Crippen LogP contribution in [0.4, 0.5) is 17.6 Å². The van der Waals surface area contributed by atoms with Crippen molar-refractivity contribution in [3.05, 3.63) is 70.8 Å². The summed E-state index contributed by atoms with van der Waals surface area (Å²) < 4.78 is 54.9. The molecule has 0 heterocycles. The lowest BCUT2D eigenvalue weighted by molar-refractivity contribution is 0.390. The molecule has 2 aromatic rings. The first-order chi connectivity index (χ1) is 12.6. The minimum absolute atomic E-state index is 0.194. The Balaban J connectivity index is 1.80. The Morgan fingerprint density at radius 2 is 1.00 bits per heavy atom. The minimum atomic E-state index is -0.682. The molecule has 1 aliphatic rings. The van der Waals surface area contributed by atoms with E-state index in [1.54, 1.807) is 0 Å². The second-order valence-electron chi connectivity index (χ2n) is 6.25. The molecule has 3 rings (SSSR count). The average molecular weight is 362 g/mol. The third kappa shape index (κ3) is 4.18. The summed E-state index contributed by atoms with van der Waals surface area (Å²) in [7, 11) is 0. The van der Waals surface area contributed by atoms with Gasteiger partial charge in [0.1, 0.15) is 23.3 Å². The Labute approximate surface area is 149 Å². The van der Waals surface area contributed by atoms with E-state index in [4.69, 9.17) is 0 Å². The zero-order valence-corrected chi connectivity index (χ0v) is 14.0. The van der Waals surface area contributed by atoms with Crippen LogP contribution in [0.3, 0.4) is 0 Å². The van der Waals surface area contributed by atoms with Crippen molar-refractivity contribution in [2.45, 2.75) is 37.8 Å². The summed E-state index contributed by atoms with van der Waals surface area (Å²) in [5, 5.41) is 0. The number of hydrogen-bond donors (Lipinski definition) is 0. The molecule has 1 aliphatic carbocycles. The van der Waals surface area contributed by atoms with Crippen LogP contribution in [0, 0.1) is 23.3 Å². The third-order valence-electron chi connectivity index (χ3n) is 4.48. The van der Waals surface area contributed by atoms with Crippen LogP contribution in [0.25, 0.3) is 0 Å². The predicted molar refractivity (Wildman–Crippen MR) is 93.9 cm³/mol. The maximum atomic E-state index is 13.7. The van der Waals surface area contributed by atoms with E-state index in [1.807, 2.05) is 0 Å². The Hall–Kier alpha value is -2.50. The summed E-state index contributed by atoms with van der Waals surface area (Å²) in [5.74, 6) is -2.73. The van der Waals surface area contributed by atoms with Crippen LogP contribution in [0.2, 0.25) is 0 Å². The van der Waals surface area contributed by atoms with Crippen molar-refractivity contribution in [1.29, 1.82) is 0 Å². The third-order valence-corrected chi connectivity index (χ3v) is 4.48. The van der Waals surface area contributed by atoms with Crippen LogP contribution in [-0.4, -0.2) is 24.5 Å². The zero-order chi connectivity index (χ0) is 18.5. The molecule has 2 nitrogen and oxygen atoms in total. The highest BCUT2D eigenvalue weighted by molar-refractivity contribution is 5.81. The van der Waals surface area contributed by atoms with Crippen molar-refractivity contribution in [1.82, 2.24) is 0 Å². The van der Waals surface area contributed by atoms with Crippen molar-refractivity contribution in [3.63, 3.8) is 0 Å². The minimum Gasteiger partial charge on any atom is -0.287 e. The van der Waals surface area contributed by atoms with Gasteiger partial charge in [-0.05, 0) is 37.1 Å². The molecule has 0 bridgehead atoms. The van der Waals surface area contributed by atoms with Gasteiger partial charge < -0.3 is 0 Å². The monoisotopic (exact) mass is 362 g/mol. The van der Waals surface area contributed by atoms with Gasteiger partial charge in [-0.1, -0.05) is 25.0 Å². The topological polar surface area (TPSA) is 24.7 Å². The van der Waals surface area contributed by atoms with E-state index in [-0.39, 0.29) is 23.2 Å². The number of aliphatic imine (C=N–C) groups is 2. The maximum absolute atomic E-state index is 13.7. The van der Waals surface area contributed by atoms with Crippen molar-refractivity contribution in [3.8, 4) is 0 Å². The molecule has 2 aromatic carbocycles. The smallest absolute Gasteiger partial charge is 0.134 e. The van der Waals surface area contributed by atoms with Gasteiger partial charge >= 0.3 is 0 Å². The van der Waals surface area contributed by atoms with E-state index in [2.05, 4.69) is 9.98 Å². The average Bonchev–Trinajstić information content (AvgIpc) is 2.62. The fourth-order valence-corrected chi connectivity index (χ4v) is 3.05. The van der Waals surface area contributed by atoms with Gasteiger partial charge in [-0.3, -0.25) is 9.98 Å². The van der Waals surface area contributed by atoms with Gasteiger partial charge in [-0.2, -0.15) is 0 Å². The van der Waals surface area contributed by atoms with Gasteiger partial charge in [-0.15, -0.1) is 0 Å². The zero-order valence-electron chi connectivity index (χ0n) is 14.0. The maximum Gasteiger partial charge on any atom is 0.134 e. The molecule has 0 radical (unpaired) electrons. The van der Waals surface area contributed by atoms with Gasteiger partial charge in [0.15, 0.2) is 0 Å². The first-order valence-electron chi connectivity index (χ1n) is 8.50. The molecule has 0 amide bonds. The number of benzene rings is 2. The second-order valence-corrected chi connectivity index (χ2v) is 6.25. The van der Waals surface area contributed by atoms with E-state index < -0.39 is 23.3 Å². The number of rotatable bonds is 4. The summed E-state index contributed by atoms with van der Waals surface area (Å²) in [6.07, 6.45) is 5.62. The fourth-order valence-electron chi connectivity index (χ4n) is 3.05. The molecule has 0 aliphatic heterocycles. The van der Waals surface area contributed by atoms with Gasteiger partial charge in [0.25, 0.3) is 0 Å². The van der Waals surface area contributed by atoms with Crippen LogP contribution in [-0.2, 0) is 0 Å². The molecule has 6 heteroatoms. The van der Waals surface area contributed by atoms with Crippen LogP contribution in [0.5, 0.6) is 0 Å². The standard InChI is InChI=1S/C20H18F4N2/c21-15-5-3-6-16(22)13(15)11-25-19-9-1-2-10-20(19)26-12-14-17(23)7-4-8-18(14)24/h3-8,11-12,19-20H,1-2,9-10H2/t19-,20-/m1/s1. The predicted octanol–water partition coefficient (Wildman–Crippen LogP) is 5.09. The highest BCUT2D eigenvalue weighted by Crippen LogP contribution is 2.24. The van der Waals surface area contributed by atoms with E-state index in [1.165, 1.54) is 48.8 Å². The van der Waals surface area contributed by atoms with Crippen LogP contribution in [0.15, 0.2) is 46.4 Å². The molecule has 0 unspecified atom stereocenters. The van der Waals surface area contributed by atoms with Crippen LogP contribution < -0.4 is 0 Å². The lowest BCUT2D eigenvalue weighted by atomic mass is 9.91. The molecule has 1 fully saturated rings. The van der Waals surface area contributed by atoms with Gasteiger partial charge in [0.2, 0.25) is 0 Å². The molecule has 136 valence electrons. The summed E-state index contributed by atoms with van der Waals surface area (Å²) in [4.78, 5) is 8.61. The van der Waals surface area contributed by atoms with Crippen molar-refractivity contribution < 1.29 is 17.6 Å². The van der Waals surface area contributed by atoms with Gasteiger partial charge in [0, 0.05) is 12.4 Å². The summed E-state index contributed by atoms with van der Waals surface area (Å²) in [6.45, 7) is 0. The van der Waals surface area contributed by atoms with Crippen LogP contribution >= 0.6 is 0 Å². The van der Waals surface area contributed by atoms with E-state index >= 15 is 0 Å². The Morgan fingerprint density at radius 1 is 0.654 bits per heavy atom. The molecule has 26 heavy (non-hydrogen) atoms. The molecular formula is C20H18F4N2. The lowest BCUT2D eigenvalue weighted by Crippen LogP contribution is -2.27. The molecular weight excluding hydrogens is 344 g/mol. The van der Waals surface area contributed by atoms with E-state index in [0.29, 0.717) is 12.8 Å². The molecule has 0 spiro atoms. The largest absolute Gasteiger partial charge is 0.287 e.